The van der Waals surface area contributed by atoms with Gasteiger partial charge in [-0.2, -0.15) is 0 Å². The van der Waals surface area contributed by atoms with Crippen molar-refractivity contribution < 1.29 is 19.8 Å². The van der Waals surface area contributed by atoms with Gasteiger partial charge in [0.05, 0.1) is 5.92 Å². The van der Waals surface area contributed by atoms with Crippen LogP contribution in [0.4, 0.5) is 0 Å². The van der Waals surface area contributed by atoms with Gasteiger partial charge < -0.3 is 15.1 Å². The van der Waals surface area contributed by atoms with Gasteiger partial charge in [0.1, 0.15) is 5.75 Å². The third-order valence-corrected chi connectivity index (χ3v) is 3.41. The van der Waals surface area contributed by atoms with Gasteiger partial charge in [-0.15, -0.1) is 0 Å². The number of carbonyl (C=O) groups is 2. The molecule has 2 N–H and O–H groups in total. The Bertz CT molecular complexity index is 462. The monoisotopic (exact) mass is 249 g/mol. The molecule has 1 atom stereocenters. The summed E-state index contributed by atoms with van der Waals surface area (Å²) in [6.07, 6.45) is 0. The number of carboxylic acid groups (broad SMARTS) is 1. The van der Waals surface area contributed by atoms with E-state index >= 15 is 0 Å². The highest BCUT2D eigenvalue weighted by molar-refractivity contribution is 5.95. The number of carbonyl (C=O) groups excluding carboxylic acids is 1. The van der Waals surface area contributed by atoms with Crippen LogP contribution in [0.5, 0.6) is 5.75 Å². The second kappa shape index (κ2) is 4.68. The summed E-state index contributed by atoms with van der Waals surface area (Å²) < 4.78 is 0. The topological polar surface area (TPSA) is 77.8 Å². The molecule has 0 bridgehead atoms. The molecule has 96 valence electrons. The fourth-order valence-electron chi connectivity index (χ4n) is 1.98. The van der Waals surface area contributed by atoms with Crippen LogP contribution in [0.1, 0.15) is 17.3 Å². The Balaban J connectivity index is 1.94. The summed E-state index contributed by atoms with van der Waals surface area (Å²) in [5.74, 6) is -1.22. The Morgan fingerprint density at radius 1 is 1.28 bits per heavy atom. The molecule has 0 radical (unpaired) electrons. The molecule has 1 saturated heterocycles. The van der Waals surface area contributed by atoms with E-state index in [1.165, 1.54) is 12.1 Å². The van der Waals surface area contributed by atoms with E-state index in [4.69, 9.17) is 10.2 Å². The van der Waals surface area contributed by atoms with Gasteiger partial charge in [0.25, 0.3) is 5.91 Å². The number of phenols is 1. The highest BCUT2D eigenvalue weighted by Crippen LogP contribution is 2.26. The van der Waals surface area contributed by atoms with Crippen molar-refractivity contribution in [2.45, 2.75) is 6.92 Å². The van der Waals surface area contributed by atoms with E-state index in [0.717, 1.165) is 0 Å². The average Bonchev–Trinajstić information content (AvgIpc) is 2.27. The van der Waals surface area contributed by atoms with Crippen molar-refractivity contribution in [1.82, 2.24) is 4.90 Å². The Labute approximate surface area is 105 Å². The summed E-state index contributed by atoms with van der Waals surface area (Å²) in [5, 5.41) is 18.0. The van der Waals surface area contributed by atoms with Gasteiger partial charge in [-0.3, -0.25) is 9.59 Å². The summed E-state index contributed by atoms with van der Waals surface area (Å²) in [6, 6.07) is 6.05. The molecule has 18 heavy (non-hydrogen) atoms. The zero-order valence-electron chi connectivity index (χ0n) is 10.0. The zero-order chi connectivity index (χ0) is 13.3. The molecule has 1 aromatic rings. The van der Waals surface area contributed by atoms with Crippen molar-refractivity contribution in [2.75, 3.05) is 13.1 Å². The van der Waals surface area contributed by atoms with Gasteiger partial charge in [-0.05, 0) is 24.3 Å². The van der Waals surface area contributed by atoms with Crippen LogP contribution in [0.25, 0.3) is 0 Å². The Morgan fingerprint density at radius 2 is 1.83 bits per heavy atom. The lowest BCUT2D eigenvalue weighted by atomic mass is 9.86. The summed E-state index contributed by atoms with van der Waals surface area (Å²) in [6.45, 7) is 2.62. The maximum Gasteiger partial charge on any atom is 0.306 e. The summed E-state index contributed by atoms with van der Waals surface area (Å²) in [5.41, 5.74) is 0.509. The number of phenolic OH excluding ortho intramolecular Hbond substituents is 1. The average molecular weight is 249 g/mol. The van der Waals surface area contributed by atoms with Gasteiger partial charge in [-0.1, -0.05) is 6.92 Å². The van der Waals surface area contributed by atoms with Crippen LogP contribution in [0.2, 0.25) is 0 Å². The molecule has 0 aromatic heterocycles. The standard InChI is InChI=1S/C13H15NO4/c1-8(13(17)18)10-6-14(7-10)12(16)9-2-4-11(15)5-3-9/h2-5,8,10,15H,6-7H2,1H3,(H,17,18). The molecule has 1 fully saturated rings. The molecule has 0 saturated carbocycles. The smallest absolute Gasteiger partial charge is 0.306 e. The number of carboxylic acids is 1. The lowest BCUT2D eigenvalue weighted by Crippen LogP contribution is -2.53. The van der Waals surface area contributed by atoms with E-state index in [0.29, 0.717) is 18.7 Å². The van der Waals surface area contributed by atoms with Crippen LogP contribution in [-0.2, 0) is 4.79 Å². The van der Waals surface area contributed by atoms with E-state index in [1.54, 1.807) is 24.0 Å². The molecule has 0 spiro atoms. The number of rotatable bonds is 3. The van der Waals surface area contributed by atoms with Gasteiger partial charge in [0, 0.05) is 24.6 Å². The SMILES string of the molecule is CC(C(=O)O)C1CN(C(=O)c2ccc(O)cc2)C1. The normalized spacial score (nSPS) is 17.1. The van der Waals surface area contributed by atoms with E-state index in [1.807, 2.05) is 0 Å². The predicted molar refractivity (Wildman–Crippen MR) is 64.3 cm³/mol. The van der Waals surface area contributed by atoms with Crippen molar-refractivity contribution in [3.8, 4) is 5.75 Å². The highest BCUT2D eigenvalue weighted by atomic mass is 16.4. The quantitative estimate of drug-likeness (QED) is 0.843. The number of likely N-dealkylation sites (tertiary alicyclic amines) is 1. The number of aromatic hydroxyl groups is 1. The van der Waals surface area contributed by atoms with E-state index in [9.17, 15) is 9.59 Å². The van der Waals surface area contributed by atoms with Crippen molar-refractivity contribution >= 4 is 11.9 Å². The molecular formula is C13H15NO4. The van der Waals surface area contributed by atoms with E-state index in [2.05, 4.69) is 0 Å². The van der Waals surface area contributed by atoms with Crippen LogP contribution in [0, 0.1) is 11.8 Å². The molecule has 1 amide bonds. The van der Waals surface area contributed by atoms with Gasteiger partial charge in [0.15, 0.2) is 0 Å². The number of aliphatic carboxylic acids is 1. The molecule has 2 rings (SSSR count). The van der Waals surface area contributed by atoms with Crippen LogP contribution in [0.3, 0.4) is 0 Å². The van der Waals surface area contributed by atoms with E-state index < -0.39 is 11.9 Å². The number of amides is 1. The molecule has 5 nitrogen and oxygen atoms in total. The van der Waals surface area contributed by atoms with Crippen LogP contribution in [-0.4, -0.2) is 40.1 Å². The van der Waals surface area contributed by atoms with Crippen LogP contribution in [0.15, 0.2) is 24.3 Å². The minimum atomic E-state index is -0.822. The number of hydrogen-bond acceptors (Lipinski definition) is 3. The summed E-state index contributed by atoms with van der Waals surface area (Å²) in [4.78, 5) is 24.4. The van der Waals surface area contributed by atoms with Gasteiger partial charge >= 0.3 is 5.97 Å². The molecule has 5 heteroatoms. The molecule has 0 aliphatic carbocycles. The first-order chi connectivity index (χ1) is 8.49. The number of benzene rings is 1. The van der Waals surface area contributed by atoms with Crippen LogP contribution < -0.4 is 0 Å². The zero-order valence-corrected chi connectivity index (χ0v) is 10.0. The molecule has 1 aliphatic rings. The Kier molecular flexibility index (Phi) is 3.23. The van der Waals surface area contributed by atoms with Crippen molar-refractivity contribution in [3.63, 3.8) is 0 Å². The first kappa shape index (κ1) is 12.4. The molecule has 1 aromatic carbocycles. The molecule has 1 heterocycles. The third-order valence-electron chi connectivity index (χ3n) is 3.41. The minimum absolute atomic E-state index is 0.0311. The Morgan fingerprint density at radius 3 is 2.33 bits per heavy atom. The van der Waals surface area contributed by atoms with Gasteiger partial charge in [-0.25, -0.2) is 0 Å². The highest BCUT2D eigenvalue weighted by Gasteiger charge is 2.37. The van der Waals surface area contributed by atoms with Crippen LogP contribution >= 0.6 is 0 Å². The van der Waals surface area contributed by atoms with Crippen molar-refractivity contribution in [2.24, 2.45) is 11.8 Å². The lowest BCUT2D eigenvalue weighted by Gasteiger charge is -2.41. The second-order valence-electron chi connectivity index (χ2n) is 4.64. The first-order valence-electron chi connectivity index (χ1n) is 5.80. The van der Waals surface area contributed by atoms with Gasteiger partial charge in [0.2, 0.25) is 0 Å². The number of nitrogens with zero attached hydrogens (tertiary/aromatic N) is 1. The fourth-order valence-corrected chi connectivity index (χ4v) is 1.98. The summed E-state index contributed by atoms with van der Waals surface area (Å²) in [7, 11) is 0. The van der Waals surface area contributed by atoms with Crippen molar-refractivity contribution in [1.29, 1.82) is 0 Å². The summed E-state index contributed by atoms with van der Waals surface area (Å²) >= 11 is 0. The molecule has 1 aliphatic heterocycles. The fraction of sp³-hybridized carbons (Fsp3) is 0.385. The maximum atomic E-state index is 12.0. The third kappa shape index (κ3) is 2.30. The lowest BCUT2D eigenvalue weighted by molar-refractivity contribution is -0.144. The largest absolute Gasteiger partial charge is 0.508 e. The molecule has 1 unspecified atom stereocenters. The minimum Gasteiger partial charge on any atom is -0.508 e. The second-order valence-corrected chi connectivity index (χ2v) is 4.64. The Hall–Kier alpha value is -2.04. The predicted octanol–water partition coefficient (Wildman–Crippen LogP) is 1.18. The van der Waals surface area contributed by atoms with Crippen molar-refractivity contribution in [3.05, 3.63) is 29.8 Å². The molecular weight excluding hydrogens is 234 g/mol. The maximum absolute atomic E-state index is 12.0. The first-order valence-corrected chi connectivity index (χ1v) is 5.80. The number of hydrogen-bond donors (Lipinski definition) is 2. The van der Waals surface area contributed by atoms with E-state index in [-0.39, 0.29) is 17.6 Å².